The molecule has 4 aromatic rings. The molecule has 9 heteroatoms. The summed E-state index contributed by atoms with van der Waals surface area (Å²) in [7, 11) is 1.49. The van der Waals surface area contributed by atoms with Gasteiger partial charge in [-0.05, 0) is 57.9 Å². The topological polar surface area (TPSA) is 104 Å². The van der Waals surface area contributed by atoms with Crippen molar-refractivity contribution < 1.29 is 28.1 Å². The first-order chi connectivity index (χ1) is 19.4. The third-order valence-corrected chi connectivity index (χ3v) is 7.05. The number of nitriles is 1. The average molecular weight is 601 g/mol. The molecule has 0 amide bonds. The predicted octanol–water partition coefficient (Wildman–Crippen LogP) is 6.61. The van der Waals surface area contributed by atoms with Gasteiger partial charge in [-0.2, -0.15) is 5.26 Å². The molecule has 1 unspecified atom stereocenters. The SMILES string of the molecule is COc1cc(C2C(C#N)=C(N)Oc3cc(OC(=O)c4ccccc4Br)ccc32)ccc1OCc1ccccc1F. The Morgan fingerprint density at radius 3 is 2.58 bits per heavy atom. The summed E-state index contributed by atoms with van der Waals surface area (Å²) in [6.45, 7) is 0.0137. The smallest absolute Gasteiger partial charge is 0.344 e. The van der Waals surface area contributed by atoms with Gasteiger partial charge in [-0.3, -0.25) is 0 Å². The number of allylic oxidation sites excluding steroid dienone is 1. The minimum atomic E-state index is -0.587. The first-order valence-corrected chi connectivity index (χ1v) is 12.9. The lowest BCUT2D eigenvalue weighted by Crippen LogP contribution is -2.21. The molecule has 0 spiro atoms. The van der Waals surface area contributed by atoms with Crippen LogP contribution in [-0.2, 0) is 6.61 Å². The van der Waals surface area contributed by atoms with Gasteiger partial charge in [-0.25, -0.2) is 9.18 Å². The summed E-state index contributed by atoms with van der Waals surface area (Å²) in [6.07, 6.45) is 0. The first-order valence-electron chi connectivity index (χ1n) is 12.1. The van der Waals surface area contributed by atoms with Crippen molar-refractivity contribution in [3.63, 3.8) is 0 Å². The van der Waals surface area contributed by atoms with Gasteiger partial charge in [0.05, 0.1) is 18.6 Å². The third kappa shape index (κ3) is 5.35. The van der Waals surface area contributed by atoms with Crippen molar-refractivity contribution in [2.24, 2.45) is 5.73 Å². The number of ether oxygens (including phenoxy) is 4. The molecular formula is C31H22BrFN2O5. The molecule has 5 rings (SSSR count). The Morgan fingerprint density at radius 2 is 1.82 bits per heavy atom. The second-order valence-electron chi connectivity index (χ2n) is 8.78. The number of carbonyl (C=O) groups is 1. The van der Waals surface area contributed by atoms with Gasteiger partial charge in [0.15, 0.2) is 11.5 Å². The molecule has 1 atom stereocenters. The lowest BCUT2D eigenvalue weighted by Gasteiger charge is -2.27. The van der Waals surface area contributed by atoms with Crippen molar-refractivity contribution in [2.75, 3.05) is 7.11 Å². The van der Waals surface area contributed by atoms with Crippen LogP contribution in [0, 0.1) is 17.1 Å². The van der Waals surface area contributed by atoms with Crippen LogP contribution < -0.4 is 24.7 Å². The molecule has 4 aromatic carbocycles. The molecule has 0 aliphatic carbocycles. The van der Waals surface area contributed by atoms with Gasteiger partial charge >= 0.3 is 5.97 Å². The van der Waals surface area contributed by atoms with Gasteiger partial charge in [-0.1, -0.05) is 42.5 Å². The lowest BCUT2D eigenvalue weighted by molar-refractivity contribution is 0.0733. The van der Waals surface area contributed by atoms with Crippen LogP contribution >= 0.6 is 15.9 Å². The highest BCUT2D eigenvalue weighted by molar-refractivity contribution is 9.10. The van der Waals surface area contributed by atoms with Crippen LogP contribution in [-0.4, -0.2) is 13.1 Å². The Balaban J connectivity index is 1.45. The van der Waals surface area contributed by atoms with E-state index in [0.717, 1.165) is 0 Å². The first kappa shape index (κ1) is 26.8. The van der Waals surface area contributed by atoms with Crippen LogP contribution in [0.25, 0.3) is 0 Å². The van der Waals surface area contributed by atoms with E-state index in [4.69, 9.17) is 24.7 Å². The lowest BCUT2D eigenvalue weighted by atomic mass is 9.83. The molecule has 40 heavy (non-hydrogen) atoms. The quantitative estimate of drug-likeness (QED) is 0.188. The highest BCUT2D eigenvalue weighted by Gasteiger charge is 2.32. The van der Waals surface area contributed by atoms with Crippen LogP contribution in [0.4, 0.5) is 4.39 Å². The molecule has 1 aliphatic heterocycles. The van der Waals surface area contributed by atoms with E-state index in [1.807, 2.05) is 0 Å². The molecular weight excluding hydrogens is 579 g/mol. The fraction of sp³-hybridized carbons (Fsp3) is 0.0968. The van der Waals surface area contributed by atoms with E-state index in [1.54, 1.807) is 78.9 Å². The Bertz CT molecular complexity index is 1680. The Labute approximate surface area is 238 Å². The molecule has 1 aliphatic rings. The average Bonchev–Trinajstić information content (AvgIpc) is 2.96. The van der Waals surface area contributed by atoms with Crippen LogP contribution in [0.2, 0.25) is 0 Å². The Hall–Kier alpha value is -4.81. The zero-order valence-electron chi connectivity index (χ0n) is 21.2. The standard InChI is InChI=1S/C31H22BrFN2O5/c1-37-28-14-18(10-13-26(28)38-17-19-6-2-5-9-25(19)33)29-22-12-11-20(15-27(22)40-30(35)23(29)16-34)39-31(36)21-7-3-4-8-24(21)32/h2-15,29H,17,35H2,1H3. The zero-order valence-corrected chi connectivity index (χ0v) is 22.8. The largest absolute Gasteiger partial charge is 0.493 e. The van der Waals surface area contributed by atoms with E-state index in [9.17, 15) is 14.4 Å². The maximum Gasteiger partial charge on any atom is 0.344 e. The number of hydrogen-bond donors (Lipinski definition) is 1. The second-order valence-corrected chi connectivity index (χ2v) is 9.64. The number of fused-ring (bicyclic) bond motifs is 1. The Morgan fingerprint density at radius 1 is 1.05 bits per heavy atom. The van der Waals surface area contributed by atoms with Gasteiger partial charge in [0.25, 0.3) is 0 Å². The molecule has 200 valence electrons. The molecule has 0 radical (unpaired) electrons. The van der Waals surface area contributed by atoms with Crippen LogP contribution in [0.15, 0.2) is 101 Å². The number of carbonyl (C=O) groups excluding carboxylic acids is 1. The van der Waals surface area contributed by atoms with E-state index in [2.05, 4.69) is 22.0 Å². The molecule has 0 saturated heterocycles. The molecule has 2 N–H and O–H groups in total. The van der Waals surface area contributed by atoms with E-state index >= 15 is 0 Å². The summed E-state index contributed by atoms with van der Waals surface area (Å²) in [5, 5.41) is 9.93. The number of methoxy groups -OCH3 is 1. The number of nitrogens with zero attached hydrogens (tertiary/aromatic N) is 1. The fourth-order valence-corrected chi connectivity index (χ4v) is 4.83. The highest BCUT2D eigenvalue weighted by Crippen LogP contribution is 2.45. The van der Waals surface area contributed by atoms with Crippen molar-refractivity contribution in [3.8, 4) is 29.1 Å². The highest BCUT2D eigenvalue weighted by atomic mass is 79.9. The van der Waals surface area contributed by atoms with Gasteiger partial charge in [-0.15, -0.1) is 0 Å². The van der Waals surface area contributed by atoms with E-state index < -0.39 is 11.9 Å². The predicted molar refractivity (Wildman–Crippen MR) is 149 cm³/mol. The molecule has 1 heterocycles. The van der Waals surface area contributed by atoms with Crippen molar-refractivity contribution in [2.45, 2.75) is 12.5 Å². The summed E-state index contributed by atoms with van der Waals surface area (Å²) >= 11 is 3.35. The summed E-state index contributed by atoms with van der Waals surface area (Å²) in [4.78, 5) is 12.7. The monoisotopic (exact) mass is 600 g/mol. The summed E-state index contributed by atoms with van der Waals surface area (Å²) in [6, 6.07) is 25.6. The van der Waals surface area contributed by atoms with E-state index in [1.165, 1.54) is 13.2 Å². The number of benzene rings is 4. The summed E-state index contributed by atoms with van der Waals surface area (Å²) < 4.78 is 37.4. The Kier molecular flexibility index (Phi) is 7.71. The molecule has 0 fully saturated rings. The van der Waals surface area contributed by atoms with E-state index in [0.29, 0.717) is 44.0 Å². The van der Waals surface area contributed by atoms with Crippen LogP contribution in [0.1, 0.15) is 33.0 Å². The molecule has 7 nitrogen and oxygen atoms in total. The van der Waals surface area contributed by atoms with Crippen molar-refractivity contribution in [3.05, 3.63) is 129 Å². The fourth-order valence-electron chi connectivity index (χ4n) is 4.38. The summed E-state index contributed by atoms with van der Waals surface area (Å²) in [5.74, 6) is -0.152. The van der Waals surface area contributed by atoms with Crippen molar-refractivity contribution in [1.82, 2.24) is 0 Å². The number of rotatable bonds is 7. The van der Waals surface area contributed by atoms with Crippen molar-refractivity contribution in [1.29, 1.82) is 5.26 Å². The van der Waals surface area contributed by atoms with Gasteiger partial charge in [0, 0.05) is 21.7 Å². The number of hydrogen-bond acceptors (Lipinski definition) is 7. The van der Waals surface area contributed by atoms with Gasteiger partial charge < -0.3 is 24.7 Å². The minimum absolute atomic E-state index is 0.0137. The number of nitrogens with two attached hydrogens (primary N) is 1. The number of esters is 1. The van der Waals surface area contributed by atoms with Crippen LogP contribution in [0.3, 0.4) is 0 Å². The maximum atomic E-state index is 14.0. The zero-order chi connectivity index (χ0) is 28.2. The minimum Gasteiger partial charge on any atom is -0.493 e. The summed E-state index contributed by atoms with van der Waals surface area (Å²) in [5.41, 5.74) is 8.48. The molecule has 0 saturated carbocycles. The third-order valence-electron chi connectivity index (χ3n) is 6.36. The number of halogens is 2. The normalized spacial score (nSPS) is 14.0. The maximum absolute atomic E-state index is 14.0. The van der Waals surface area contributed by atoms with E-state index in [-0.39, 0.29) is 29.6 Å². The molecule has 0 aromatic heterocycles. The second kappa shape index (κ2) is 11.5. The van der Waals surface area contributed by atoms with Crippen molar-refractivity contribution >= 4 is 21.9 Å². The molecule has 0 bridgehead atoms. The van der Waals surface area contributed by atoms with Gasteiger partial charge in [0.2, 0.25) is 5.88 Å². The van der Waals surface area contributed by atoms with Gasteiger partial charge in [0.1, 0.15) is 35.6 Å². The van der Waals surface area contributed by atoms with Crippen LogP contribution in [0.5, 0.6) is 23.0 Å².